The summed E-state index contributed by atoms with van der Waals surface area (Å²) in [5, 5.41) is 2.33. The molecule has 2 rings (SSSR count). The number of carbonyl (C=O) groups is 1. The number of nitrogens with one attached hydrogen (secondary N) is 2. The van der Waals surface area contributed by atoms with Gasteiger partial charge in [0.25, 0.3) is 0 Å². The molecule has 0 aromatic heterocycles. The van der Waals surface area contributed by atoms with Crippen LogP contribution in [-0.4, -0.2) is 25.9 Å². The third kappa shape index (κ3) is 5.21. The fourth-order valence-corrected chi connectivity index (χ4v) is 4.55. The predicted molar refractivity (Wildman–Crippen MR) is 95.0 cm³/mol. The SMILES string of the molecule is CC(C)(C)NS(=O)(=O)c1cc(NC(=O)C[C@@H]2CCC[C@H]2N)c(F)cc1F. The number of anilines is 1. The minimum atomic E-state index is -4.22. The number of rotatable bonds is 5. The van der Waals surface area contributed by atoms with Crippen LogP contribution in [0.3, 0.4) is 0 Å². The molecule has 1 aliphatic rings. The molecule has 0 saturated heterocycles. The van der Waals surface area contributed by atoms with Gasteiger partial charge in [-0.15, -0.1) is 0 Å². The third-order valence-corrected chi connectivity index (χ3v) is 5.96. The van der Waals surface area contributed by atoms with E-state index in [2.05, 4.69) is 10.0 Å². The Bertz CT molecular complexity index is 791. The van der Waals surface area contributed by atoms with Crippen molar-refractivity contribution >= 4 is 21.6 Å². The predicted octanol–water partition coefficient (Wildman–Crippen LogP) is 2.50. The van der Waals surface area contributed by atoms with E-state index >= 15 is 0 Å². The van der Waals surface area contributed by atoms with Crippen molar-refractivity contribution in [2.24, 2.45) is 11.7 Å². The summed E-state index contributed by atoms with van der Waals surface area (Å²) < 4.78 is 55.0. The Kier molecular flexibility index (Phi) is 6.04. The highest BCUT2D eigenvalue weighted by atomic mass is 32.2. The topological polar surface area (TPSA) is 101 Å². The van der Waals surface area contributed by atoms with E-state index < -0.39 is 38.0 Å². The van der Waals surface area contributed by atoms with Crippen molar-refractivity contribution in [2.75, 3.05) is 5.32 Å². The number of hydrogen-bond donors (Lipinski definition) is 3. The van der Waals surface area contributed by atoms with Crippen LogP contribution in [0, 0.1) is 17.6 Å². The third-order valence-electron chi connectivity index (χ3n) is 4.19. The molecule has 1 amide bonds. The zero-order valence-corrected chi connectivity index (χ0v) is 15.9. The molecule has 4 N–H and O–H groups in total. The maximum atomic E-state index is 14.0. The first-order valence-corrected chi connectivity index (χ1v) is 9.96. The molecule has 1 aromatic rings. The van der Waals surface area contributed by atoms with Crippen molar-refractivity contribution in [3.8, 4) is 0 Å². The second-order valence-electron chi connectivity index (χ2n) is 7.73. The largest absolute Gasteiger partial charge is 0.327 e. The van der Waals surface area contributed by atoms with E-state index in [-0.39, 0.29) is 24.1 Å². The lowest BCUT2D eigenvalue weighted by Crippen LogP contribution is -2.40. The van der Waals surface area contributed by atoms with Crippen LogP contribution in [0.4, 0.5) is 14.5 Å². The van der Waals surface area contributed by atoms with Gasteiger partial charge >= 0.3 is 0 Å². The highest BCUT2D eigenvalue weighted by molar-refractivity contribution is 7.89. The maximum absolute atomic E-state index is 14.0. The number of benzene rings is 1. The summed E-state index contributed by atoms with van der Waals surface area (Å²) in [7, 11) is -4.22. The van der Waals surface area contributed by atoms with Crippen LogP contribution < -0.4 is 15.8 Å². The summed E-state index contributed by atoms with van der Waals surface area (Å²) in [6.45, 7) is 4.79. The lowest BCUT2D eigenvalue weighted by molar-refractivity contribution is -0.117. The van der Waals surface area contributed by atoms with Crippen LogP contribution in [0.15, 0.2) is 17.0 Å². The number of carbonyl (C=O) groups excluding carboxylic acids is 1. The van der Waals surface area contributed by atoms with E-state index in [0.717, 1.165) is 25.3 Å². The fourth-order valence-electron chi connectivity index (χ4n) is 3.05. The van der Waals surface area contributed by atoms with E-state index in [4.69, 9.17) is 5.73 Å². The van der Waals surface area contributed by atoms with Gasteiger partial charge in [0.2, 0.25) is 15.9 Å². The minimum Gasteiger partial charge on any atom is -0.327 e. The summed E-state index contributed by atoms with van der Waals surface area (Å²) in [6, 6.07) is 1.17. The Labute approximate surface area is 152 Å². The van der Waals surface area contributed by atoms with Crippen molar-refractivity contribution in [2.45, 2.75) is 62.9 Å². The van der Waals surface area contributed by atoms with Crippen LogP contribution in [0.5, 0.6) is 0 Å². The molecule has 0 unspecified atom stereocenters. The van der Waals surface area contributed by atoms with Crippen molar-refractivity contribution in [3.63, 3.8) is 0 Å². The second-order valence-corrected chi connectivity index (χ2v) is 9.38. The first kappa shape index (κ1) is 20.7. The molecule has 0 radical (unpaired) electrons. The Morgan fingerprint density at radius 2 is 1.88 bits per heavy atom. The summed E-state index contributed by atoms with van der Waals surface area (Å²) >= 11 is 0. The zero-order chi connectivity index (χ0) is 19.7. The summed E-state index contributed by atoms with van der Waals surface area (Å²) in [4.78, 5) is 11.4. The van der Waals surface area contributed by atoms with Gasteiger partial charge in [-0.3, -0.25) is 4.79 Å². The molecule has 6 nitrogen and oxygen atoms in total. The first-order chi connectivity index (χ1) is 11.9. The molecule has 9 heteroatoms. The Morgan fingerprint density at radius 1 is 1.23 bits per heavy atom. The normalized spacial score (nSPS) is 21.0. The first-order valence-electron chi connectivity index (χ1n) is 8.47. The summed E-state index contributed by atoms with van der Waals surface area (Å²) in [5.41, 5.74) is 4.70. The standard InChI is InChI=1S/C17H25F2N3O3S/c1-17(2,3)22-26(24,25)15-9-14(11(18)8-12(15)19)21-16(23)7-10-5-4-6-13(10)20/h8-10,13,22H,4-7,20H2,1-3H3,(H,21,23)/t10-,13+/m0/s1. The van der Waals surface area contributed by atoms with Crippen molar-refractivity contribution in [1.29, 1.82) is 0 Å². The number of sulfonamides is 1. The molecular formula is C17H25F2N3O3S. The quantitative estimate of drug-likeness (QED) is 0.720. The Hall–Kier alpha value is -1.58. The number of amides is 1. The lowest BCUT2D eigenvalue weighted by atomic mass is 10.00. The molecule has 26 heavy (non-hydrogen) atoms. The molecule has 0 aliphatic heterocycles. The van der Waals surface area contributed by atoms with Crippen LogP contribution in [-0.2, 0) is 14.8 Å². The average Bonchev–Trinajstić information content (AvgIpc) is 2.84. The van der Waals surface area contributed by atoms with E-state index in [1.807, 2.05) is 0 Å². The number of halogens is 2. The van der Waals surface area contributed by atoms with E-state index in [1.54, 1.807) is 20.8 Å². The van der Waals surface area contributed by atoms with Crippen LogP contribution in [0.25, 0.3) is 0 Å². The molecular weight excluding hydrogens is 364 g/mol. The molecule has 0 bridgehead atoms. The summed E-state index contributed by atoms with van der Waals surface area (Å²) in [6.07, 6.45) is 2.70. The van der Waals surface area contributed by atoms with Gasteiger partial charge in [0.05, 0.1) is 5.69 Å². The Morgan fingerprint density at radius 3 is 2.42 bits per heavy atom. The average molecular weight is 389 g/mol. The zero-order valence-electron chi connectivity index (χ0n) is 15.1. The molecule has 1 saturated carbocycles. The molecule has 1 aliphatic carbocycles. The Balaban J connectivity index is 2.23. The second kappa shape index (κ2) is 7.58. The van der Waals surface area contributed by atoms with Gasteiger partial charge in [0.1, 0.15) is 16.5 Å². The van der Waals surface area contributed by atoms with Crippen molar-refractivity contribution < 1.29 is 22.0 Å². The van der Waals surface area contributed by atoms with Gasteiger partial charge in [-0.2, -0.15) is 0 Å². The minimum absolute atomic E-state index is 0.00395. The van der Waals surface area contributed by atoms with Gasteiger partial charge in [0, 0.05) is 24.1 Å². The molecule has 1 fully saturated rings. The van der Waals surface area contributed by atoms with Gasteiger partial charge in [-0.05, 0) is 45.6 Å². The van der Waals surface area contributed by atoms with E-state index in [0.29, 0.717) is 6.07 Å². The summed E-state index contributed by atoms with van der Waals surface area (Å²) in [5.74, 6) is -2.74. The number of nitrogens with two attached hydrogens (primary N) is 1. The van der Waals surface area contributed by atoms with Crippen LogP contribution in [0.2, 0.25) is 0 Å². The van der Waals surface area contributed by atoms with Crippen LogP contribution >= 0.6 is 0 Å². The lowest BCUT2D eigenvalue weighted by Gasteiger charge is -2.21. The molecule has 0 heterocycles. The van der Waals surface area contributed by atoms with Crippen molar-refractivity contribution in [1.82, 2.24) is 4.72 Å². The maximum Gasteiger partial charge on any atom is 0.244 e. The fraction of sp³-hybridized carbons (Fsp3) is 0.588. The van der Waals surface area contributed by atoms with Gasteiger partial charge in [0.15, 0.2) is 0 Å². The van der Waals surface area contributed by atoms with Gasteiger partial charge in [-0.1, -0.05) is 6.42 Å². The smallest absolute Gasteiger partial charge is 0.244 e. The molecule has 146 valence electrons. The molecule has 0 spiro atoms. The van der Waals surface area contributed by atoms with Crippen LogP contribution in [0.1, 0.15) is 46.5 Å². The molecule has 1 aromatic carbocycles. The van der Waals surface area contributed by atoms with Gasteiger partial charge < -0.3 is 11.1 Å². The van der Waals surface area contributed by atoms with E-state index in [1.165, 1.54) is 0 Å². The molecule has 2 atom stereocenters. The van der Waals surface area contributed by atoms with Crippen molar-refractivity contribution in [3.05, 3.63) is 23.8 Å². The highest BCUT2D eigenvalue weighted by Crippen LogP contribution is 2.28. The van der Waals surface area contributed by atoms with Gasteiger partial charge in [-0.25, -0.2) is 21.9 Å². The highest BCUT2D eigenvalue weighted by Gasteiger charge is 2.28. The van der Waals surface area contributed by atoms with E-state index in [9.17, 15) is 22.0 Å². The monoisotopic (exact) mass is 389 g/mol. The number of hydrogen-bond acceptors (Lipinski definition) is 4.